The van der Waals surface area contributed by atoms with Crippen LogP contribution in [-0.4, -0.2) is 68.0 Å². The first-order chi connectivity index (χ1) is 20.9. The van der Waals surface area contributed by atoms with Crippen LogP contribution in [0.4, 0.5) is 11.6 Å². The van der Waals surface area contributed by atoms with Crippen molar-refractivity contribution in [2.45, 2.75) is 26.7 Å². The number of esters is 2. The number of nitrogens with one attached hydrogen (secondary N) is 2. The van der Waals surface area contributed by atoms with E-state index in [0.717, 1.165) is 0 Å². The Morgan fingerprint density at radius 2 is 1.07 bits per heavy atom. The van der Waals surface area contributed by atoms with Gasteiger partial charge in [0.15, 0.2) is 11.6 Å². The summed E-state index contributed by atoms with van der Waals surface area (Å²) in [5.41, 5.74) is 1.66. The number of hydrogen-bond donors (Lipinski definition) is 2. The van der Waals surface area contributed by atoms with E-state index in [1.165, 1.54) is 33.5 Å². The molecule has 0 spiro atoms. The van der Waals surface area contributed by atoms with E-state index in [4.69, 9.17) is 9.47 Å². The summed E-state index contributed by atoms with van der Waals surface area (Å²) in [6, 6.07) is 18.2. The predicted molar refractivity (Wildman–Crippen MR) is 163 cm³/mol. The fourth-order valence-corrected chi connectivity index (χ4v) is 4.87. The van der Waals surface area contributed by atoms with Crippen molar-refractivity contribution in [3.8, 4) is 11.4 Å². The van der Waals surface area contributed by atoms with Gasteiger partial charge >= 0.3 is 11.9 Å². The van der Waals surface area contributed by atoms with Gasteiger partial charge in [0.1, 0.15) is 11.1 Å². The first-order valence-corrected chi connectivity index (χ1v) is 14.9. The number of para-hydroxylation sites is 2. The quantitative estimate of drug-likeness (QED) is 0.157. The Hall–Kier alpha value is -4.91. The molecule has 4 aromatic rings. The van der Waals surface area contributed by atoms with Gasteiger partial charge in [-0.1, -0.05) is 36.4 Å². The van der Waals surface area contributed by atoms with Crippen LogP contribution in [0.2, 0.25) is 0 Å². The maximum Gasteiger partial charge on any atom is 0.343 e. The van der Waals surface area contributed by atoms with Crippen LogP contribution in [0.3, 0.4) is 0 Å². The number of rotatable bonds is 14. The Morgan fingerprint density at radius 1 is 0.674 bits per heavy atom. The van der Waals surface area contributed by atoms with Crippen molar-refractivity contribution < 1.29 is 28.7 Å². The molecule has 0 atom stereocenters. The van der Waals surface area contributed by atoms with Crippen LogP contribution in [0, 0.1) is 0 Å². The van der Waals surface area contributed by atoms with Crippen LogP contribution in [0.25, 0.3) is 11.4 Å². The molecule has 0 bridgehead atoms. The van der Waals surface area contributed by atoms with Gasteiger partial charge in [0.25, 0.3) is 0 Å². The van der Waals surface area contributed by atoms with Crippen LogP contribution in [-0.2, 0) is 19.1 Å². The molecule has 2 amide bonds. The number of nitrogens with zero attached hydrogens (tertiary/aromatic N) is 4. The average Bonchev–Trinajstić information content (AvgIpc) is 3.62. The minimum absolute atomic E-state index is 0.141. The number of benzene rings is 2. The summed E-state index contributed by atoms with van der Waals surface area (Å²) in [5, 5.41) is 14.1. The molecule has 0 radical (unpaired) electrons. The summed E-state index contributed by atoms with van der Waals surface area (Å²) < 4.78 is 13.2. The van der Waals surface area contributed by atoms with Gasteiger partial charge in [-0.05, 0) is 38.1 Å². The van der Waals surface area contributed by atoms with E-state index in [9.17, 15) is 19.2 Å². The van der Waals surface area contributed by atoms with E-state index in [-0.39, 0.29) is 60.6 Å². The third kappa shape index (κ3) is 8.10. The summed E-state index contributed by atoms with van der Waals surface area (Å²) >= 11 is 1.42. The highest BCUT2D eigenvalue weighted by Gasteiger charge is 2.23. The van der Waals surface area contributed by atoms with Crippen molar-refractivity contribution in [3.05, 3.63) is 84.2 Å². The van der Waals surface area contributed by atoms with Crippen molar-refractivity contribution in [2.24, 2.45) is 0 Å². The number of carbonyl (C=O) groups is 4. The monoisotopic (exact) mass is 604 g/mol. The highest BCUT2D eigenvalue weighted by Crippen LogP contribution is 2.23. The molecule has 43 heavy (non-hydrogen) atoms. The van der Waals surface area contributed by atoms with E-state index < -0.39 is 11.9 Å². The number of amides is 2. The summed E-state index contributed by atoms with van der Waals surface area (Å²) in [6.07, 6.45) is 3.01. The van der Waals surface area contributed by atoms with Gasteiger partial charge in [0.05, 0.1) is 37.0 Å². The topological polar surface area (TPSA) is 146 Å². The van der Waals surface area contributed by atoms with Gasteiger partial charge in [0.2, 0.25) is 11.8 Å². The van der Waals surface area contributed by atoms with Gasteiger partial charge in [-0.3, -0.25) is 9.59 Å². The molecule has 0 aliphatic rings. The van der Waals surface area contributed by atoms with E-state index in [1.54, 1.807) is 38.1 Å². The SMILES string of the molecule is CCOC(=O)c1cnn(-c2ccccc2)c1NC(=O)CCSCCC(=O)Nc1c(C(=O)OCC)cnn1-c1ccccc1. The Morgan fingerprint density at radius 3 is 1.44 bits per heavy atom. The van der Waals surface area contributed by atoms with E-state index in [0.29, 0.717) is 22.9 Å². The lowest BCUT2D eigenvalue weighted by atomic mass is 10.3. The molecule has 2 N–H and O–H groups in total. The second-order valence-corrected chi connectivity index (χ2v) is 10.2. The maximum atomic E-state index is 12.8. The van der Waals surface area contributed by atoms with Gasteiger partial charge < -0.3 is 20.1 Å². The van der Waals surface area contributed by atoms with Crippen LogP contribution in [0.1, 0.15) is 47.4 Å². The van der Waals surface area contributed by atoms with Crippen molar-refractivity contribution in [1.29, 1.82) is 0 Å². The third-order valence-corrected chi connectivity index (χ3v) is 6.98. The molecule has 0 aliphatic carbocycles. The largest absolute Gasteiger partial charge is 0.462 e. The van der Waals surface area contributed by atoms with Crippen molar-refractivity contribution >= 4 is 47.2 Å². The zero-order valence-corrected chi connectivity index (χ0v) is 24.6. The normalized spacial score (nSPS) is 10.7. The number of carbonyl (C=O) groups excluding carboxylic acids is 4. The second kappa shape index (κ2) is 15.4. The molecular formula is C30H32N6O6S. The molecule has 0 aliphatic heterocycles. The zero-order chi connectivity index (χ0) is 30.6. The molecule has 2 aromatic heterocycles. The van der Waals surface area contributed by atoms with Crippen LogP contribution in [0.15, 0.2) is 73.1 Å². The third-order valence-electron chi connectivity index (χ3n) is 5.99. The average molecular weight is 605 g/mol. The Kier molecular flexibility index (Phi) is 11.1. The van der Waals surface area contributed by atoms with E-state index in [1.807, 2.05) is 36.4 Å². The molecule has 0 saturated heterocycles. The van der Waals surface area contributed by atoms with E-state index in [2.05, 4.69) is 20.8 Å². The molecular weight excluding hydrogens is 572 g/mol. The zero-order valence-electron chi connectivity index (χ0n) is 23.8. The van der Waals surface area contributed by atoms with Crippen LogP contribution < -0.4 is 10.6 Å². The Balaban J connectivity index is 1.32. The molecule has 4 rings (SSSR count). The fraction of sp³-hybridized carbons (Fsp3) is 0.267. The lowest BCUT2D eigenvalue weighted by Crippen LogP contribution is -2.19. The fourth-order valence-electron chi connectivity index (χ4n) is 4.00. The van der Waals surface area contributed by atoms with Crippen LogP contribution in [0.5, 0.6) is 0 Å². The van der Waals surface area contributed by atoms with Crippen LogP contribution >= 0.6 is 11.8 Å². The molecule has 224 valence electrons. The number of aromatic nitrogens is 4. The summed E-state index contributed by atoms with van der Waals surface area (Å²) in [4.78, 5) is 50.5. The van der Waals surface area contributed by atoms with Gasteiger partial charge in [-0.15, -0.1) is 0 Å². The first kappa shape index (κ1) is 31.0. The molecule has 13 heteroatoms. The predicted octanol–water partition coefficient (Wildman–Crippen LogP) is 4.50. The minimum Gasteiger partial charge on any atom is -0.462 e. The van der Waals surface area contributed by atoms with E-state index >= 15 is 0 Å². The Bertz CT molecular complexity index is 1440. The lowest BCUT2D eigenvalue weighted by Gasteiger charge is -2.12. The molecule has 12 nitrogen and oxygen atoms in total. The summed E-state index contributed by atoms with van der Waals surface area (Å²) in [7, 11) is 0. The summed E-state index contributed by atoms with van der Waals surface area (Å²) in [5.74, 6) is -0.470. The van der Waals surface area contributed by atoms with Gasteiger partial charge in [0, 0.05) is 24.3 Å². The van der Waals surface area contributed by atoms with Gasteiger partial charge in [-0.25, -0.2) is 19.0 Å². The second-order valence-electron chi connectivity index (χ2n) is 8.96. The summed E-state index contributed by atoms with van der Waals surface area (Å²) in [6.45, 7) is 3.77. The first-order valence-electron chi connectivity index (χ1n) is 13.7. The number of anilines is 2. The minimum atomic E-state index is -0.583. The molecule has 0 unspecified atom stereocenters. The van der Waals surface area contributed by atoms with Crippen molar-refractivity contribution in [1.82, 2.24) is 19.6 Å². The molecule has 0 saturated carbocycles. The van der Waals surface area contributed by atoms with Crippen molar-refractivity contribution in [2.75, 3.05) is 35.4 Å². The highest BCUT2D eigenvalue weighted by atomic mass is 32.2. The highest BCUT2D eigenvalue weighted by molar-refractivity contribution is 7.99. The molecule has 0 fully saturated rings. The number of thioether (sulfide) groups is 1. The Labute approximate surface area is 252 Å². The number of hydrogen-bond acceptors (Lipinski definition) is 9. The lowest BCUT2D eigenvalue weighted by molar-refractivity contribution is -0.116. The smallest absolute Gasteiger partial charge is 0.343 e. The van der Waals surface area contributed by atoms with Crippen molar-refractivity contribution in [3.63, 3.8) is 0 Å². The molecule has 2 heterocycles. The maximum absolute atomic E-state index is 12.8. The number of ether oxygens (including phenoxy) is 2. The standard InChI is InChI=1S/C30H32N6O6S/c1-3-41-29(39)23-19-31-35(21-11-7-5-8-12-21)27(23)33-25(37)15-17-43-18-16-26(38)34-28-24(30(40)42-4-2)20-32-36(28)22-13-9-6-10-14-22/h5-14,19-20H,3-4,15-18H2,1-2H3,(H,33,37)(H,34,38). The van der Waals surface area contributed by atoms with Gasteiger partial charge in [-0.2, -0.15) is 22.0 Å². The molecule has 2 aromatic carbocycles.